The van der Waals surface area contributed by atoms with Crippen LogP contribution in [0.5, 0.6) is 5.75 Å². The fourth-order valence-corrected chi connectivity index (χ4v) is 5.58. The Morgan fingerprint density at radius 1 is 0.882 bits per heavy atom. The summed E-state index contributed by atoms with van der Waals surface area (Å²) in [6.07, 6.45) is 11.2. The molecule has 6 nitrogen and oxygen atoms in total. The van der Waals surface area contributed by atoms with Crippen molar-refractivity contribution in [1.82, 2.24) is 0 Å². The second-order valence-corrected chi connectivity index (χ2v) is 9.93. The molecule has 0 aromatic heterocycles. The van der Waals surface area contributed by atoms with E-state index in [0.29, 0.717) is 5.75 Å². The first kappa shape index (κ1) is 26.2. The van der Waals surface area contributed by atoms with E-state index < -0.39 is 18.0 Å². The number of carbonyl (C=O) groups excluding carboxylic acids is 3. The molecule has 0 bridgehead atoms. The molecule has 0 aliphatic heterocycles. The predicted molar refractivity (Wildman–Crippen MR) is 129 cm³/mol. The third-order valence-corrected chi connectivity index (χ3v) is 7.57. The van der Waals surface area contributed by atoms with Crippen molar-refractivity contribution in [2.45, 2.75) is 91.1 Å². The Labute approximate surface area is 203 Å². The van der Waals surface area contributed by atoms with Crippen molar-refractivity contribution in [3.05, 3.63) is 29.8 Å². The van der Waals surface area contributed by atoms with Crippen LogP contribution in [0.4, 0.5) is 0 Å². The third kappa shape index (κ3) is 7.31. The molecule has 0 spiro atoms. The Hall–Kier alpha value is -2.37. The summed E-state index contributed by atoms with van der Waals surface area (Å²) in [4.78, 5) is 36.5. The monoisotopic (exact) mass is 472 g/mol. The molecule has 1 aromatic carbocycles. The maximum Gasteiger partial charge on any atom is 0.347 e. The first-order chi connectivity index (χ1) is 16.4. The maximum atomic E-state index is 12.7. The molecule has 0 heterocycles. The molecule has 188 valence electrons. The number of hydrogen-bond donors (Lipinski definition) is 0. The van der Waals surface area contributed by atoms with E-state index in [4.69, 9.17) is 14.2 Å². The average Bonchev–Trinajstić information content (AvgIpc) is 2.85. The molecular weight excluding hydrogens is 432 g/mol. The van der Waals surface area contributed by atoms with Crippen LogP contribution in [0.15, 0.2) is 24.3 Å². The first-order valence-corrected chi connectivity index (χ1v) is 13.1. The van der Waals surface area contributed by atoms with E-state index in [0.717, 1.165) is 43.4 Å². The molecule has 2 saturated carbocycles. The SMILES string of the molecule is CCCC1CCC(C2CCC(C(=O)Oc3ccc(C(=O)O[C@H](C)C(=O)OCC)cc3)CC2)CC1. The Bertz CT molecular complexity index is 801. The van der Waals surface area contributed by atoms with Crippen LogP contribution in [-0.4, -0.2) is 30.6 Å². The summed E-state index contributed by atoms with van der Waals surface area (Å²) in [6.45, 7) is 5.67. The quantitative estimate of drug-likeness (QED) is 0.318. The summed E-state index contributed by atoms with van der Waals surface area (Å²) >= 11 is 0. The Morgan fingerprint density at radius 3 is 2.03 bits per heavy atom. The van der Waals surface area contributed by atoms with Gasteiger partial charge in [-0.1, -0.05) is 32.6 Å². The van der Waals surface area contributed by atoms with Crippen molar-refractivity contribution in [1.29, 1.82) is 0 Å². The summed E-state index contributed by atoms with van der Waals surface area (Å²) in [6, 6.07) is 6.25. The Balaban J connectivity index is 1.42. The van der Waals surface area contributed by atoms with E-state index in [9.17, 15) is 14.4 Å². The maximum absolute atomic E-state index is 12.7. The lowest BCUT2D eigenvalue weighted by molar-refractivity contribution is -0.152. The molecule has 0 saturated heterocycles. The summed E-state index contributed by atoms with van der Waals surface area (Å²) in [5.41, 5.74) is 0.283. The van der Waals surface area contributed by atoms with Crippen LogP contribution in [0, 0.1) is 23.7 Å². The van der Waals surface area contributed by atoms with Crippen molar-refractivity contribution in [3.8, 4) is 5.75 Å². The minimum atomic E-state index is -0.980. The van der Waals surface area contributed by atoms with Gasteiger partial charge in [-0.25, -0.2) is 9.59 Å². The third-order valence-electron chi connectivity index (χ3n) is 7.57. The second kappa shape index (κ2) is 12.9. The zero-order valence-electron chi connectivity index (χ0n) is 20.9. The first-order valence-electron chi connectivity index (χ1n) is 13.1. The lowest BCUT2D eigenvalue weighted by Crippen LogP contribution is -2.30. The van der Waals surface area contributed by atoms with Crippen molar-refractivity contribution in [2.75, 3.05) is 6.61 Å². The summed E-state index contributed by atoms with van der Waals surface area (Å²) < 4.78 is 15.6. The fraction of sp³-hybridized carbons (Fsp3) is 0.679. The average molecular weight is 473 g/mol. The summed E-state index contributed by atoms with van der Waals surface area (Å²) in [5.74, 6) is 1.50. The molecule has 2 aliphatic rings. The highest BCUT2D eigenvalue weighted by Gasteiger charge is 2.33. The van der Waals surface area contributed by atoms with Crippen LogP contribution in [0.3, 0.4) is 0 Å². The van der Waals surface area contributed by atoms with Crippen LogP contribution in [-0.2, 0) is 19.1 Å². The van der Waals surface area contributed by atoms with Crippen molar-refractivity contribution < 1.29 is 28.6 Å². The smallest absolute Gasteiger partial charge is 0.347 e. The topological polar surface area (TPSA) is 78.9 Å². The van der Waals surface area contributed by atoms with Gasteiger partial charge in [0.25, 0.3) is 0 Å². The van der Waals surface area contributed by atoms with Gasteiger partial charge >= 0.3 is 17.9 Å². The van der Waals surface area contributed by atoms with Gasteiger partial charge in [0.2, 0.25) is 0 Å². The van der Waals surface area contributed by atoms with Gasteiger partial charge in [-0.15, -0.1) is 0 Å². The normalized spacial score (nSPS) is 25.7. The van der Waals surface area contributed by atoms with Gasteiger partial charge in [0.05, 0.1) is 18.1 Å². The summed E-state index contributed by atoms with van der Waals surface area (Å²) in [5, 5.41) is 0. The Kier molecular flexibility index (Phi) is 9.97. The molecule has 0 unspecified atom stereocenters. The van der Waals surface area contributed by atoms with E-state index in [1.54, 1.807) is 19.1 Å². The Morgan fingerprint density at radius 2 is 1.47 bits per heavy atom. The molecule has 2 fully saturated rings. The van der Waals surface area contributed by atoms with E-state index >= 15 is 0 Å². The zero-order valence-corrected chi connectivity index (χ0v) is 20.9. The van der Waals surface area contributed by atoms with Crippen molar-refractivity contribution >= 4 is 17.9 Å². The molecule has 34 heavy (non-hydrogen) atoms. The van der Waals surface area contributed by atoms with E-state index in [-0.39, 0.29) is 24.1 Å². The van der Waals surface area contributed by atoms with Gasteiger partial charge in [0.1, 0.15) is 5.75 Å². The number of rotatable bonds is 9. The number of benzene rings is 1. The number of hydrogen-bond acceptors (Lipinski definition) is 6. The van der Waals surface area contributed by atoms with E-state index in [1.807, 2.05) is 0 Å². The molecule has 0 radical (unpaired) electrons. The van der Waals surface area contributed by atoms with Gasteiger partial charge < -0.3 is 14.2 Å². The molecule has 0 N–H and O–H groups in total. The number of carbonyl (C=O) groups is 3. The lowest BCUT2D eigenvalue weighted by Gasteiger charge is -2.37. The highest BCUT2D eigenvalue weighted by atomic mass is 16.6. The zero-order chi connectivity index (χ0) is 24.5. The largest absolute Gasteiger partial charge is 0.463 e. The van der Waals surface area contributed by atoms with Crippen LogP contribution in [0.25, 0.3) is 0 Å². The minimum absolute atomic E-state index is 0.0530. The molecule has 6 heteroatoms. The van der Waals surface area contributed by atoms with Gasteiger partial charge in [-0.2, -0.15) is 0 Å². The van der Waals surface area contributed by atoms with Crippen LogP contribution in [0.1, 0.15) is 95.3 Å². The number of esters is 3. The molecular formula is C28H40O6. The number of ether oxygens (including phenoxy) is 3. The van der Waals surface area contributed by atoms with E-state index in [1.165, 1.54) is 57.6 Å². The molecule has 1 atom stereocenters. The predicted octanol–water partition coefficient (Wildman–Crippen LogP) is 6.11. The summed E-state index contributed by atoms with van der Waals surface area (Å²) in [7, 11) is 0. The molecule has 0 amide bonds. The fourth-order valence-electron chi connectivity index (χ4n) is 5.58. The minimum Gasteiger partial charge on any atom is -0.463 e. The highest BCUT2D eigenvalue weighted by molar-refractivity contribution is 5.91. The van der Waals surface area contributed by atoms with Crippen molar-refractivity contribution in [3.63, 3.8) is 0 Å². The van der Waals surface area contributed by atoms with Crippen LogP contribution < -0.4 is 4.74 Å². The lowest BCUT2D eigenvalue weighted by atomic mass is 9.69. The van der Waals surface area contributed by atoms with Gasteiger partial charge in [0, 0.05) is 0 Å². The van der Waals surface area contributed by atoms with Gasteiger partial charge in [0.15, 0.2) is 6.10 Å². The molecule has 1 aromatic rings. The molecule has 3 rings (SSSR count). The van der Waals surface area contributed by atoms with Crippen LogP contribution >= 0.6 is 0 Å². The van der Waals surface area contributed by atoms with Gasteiger partial charge in [-0.3, -0.25) is 4.79 Å². The van der Waals surface area contributed by atoms with E-state index in [2.05, 4.69) is 6.92 Å². The van der Waals surface area contributed by atoms with Crippen molar-refractivity contribution in [2.24, 2.45) is 23.7 Å². The van der Waals surface area contributed by atoms with Gasteiger partial charge in [-0.05, 0) is 94.4 Å². The van der Waals surface area contributed by atoms with Crippen LogP contribution in [0.2, 0.25) is 0 Å². The standard InChI is InChI=1S/C28H40O6/c1-4-6-20-7-9-21(10-8-20)22-11-13-23(14-12-22)28(31)34-25-17-15-24(16-18-25)27(30)33-19(3)26(29)32-5-2/h15-23H,4-14H2,1-3H3/t19-,20?,21?,22?,23?/m1/s1. The second-order valence-electron chi connectivity index (χ2n) is 9.93. The highest BCUT2D eigenvalue weighted by Crippen LogP contribution is 2.42. The molecule has 2 aliphatic carbocycles.